The molecule has 0 saturated heterocycles. The van der Waals surface area contributed by atoms with Gasteiger partial charge in [0.1, 0.15) is 6.04 Å². The van der Waals surface area contributed by atoms with Gasteiger partial charge in [-0.3, -0.25) is 9.59 Å². The topological polar surface area (TPSA) is 97.1 Å². The second-order valence-electron chi connectivity index (χ2n) is 9.39. The Morgan fingerprint density at radius 2 is 1.83 bits per heavy atom. The van der Waals surface area contributed by atoms with Gasteiger partial charge in [-0.2, -0.15) is 4.98 Å². The van der Waals surface area contributed by atoms with Crippen molar-refractivity contribution >= 4 is 11.8 Å². The van der Waals surface area contributed by atoms with Crippen LogP contribution in [0.2, 0.25) is 0 Å². The first kappa shape index (κ1) is 22.0. The minimum atomic E-state index is -0.335. The lowest BCUT2D eigenvalue weighted by Crippen LogP contribution is -2.35. The van der Waals surface area contributed by atoms with Gasteiger partial charge in [0.15, 0.2) is 5.82 Å². The molecule has 1 aliphatic rings. The van der Waals surface area contributed by atoms with Gasteiger partial charge in [-0.25, -0.2) is 0 Å². The van der Waals surface area contributed by atoms with Crippen molar-refractivity contribution in [2.45, 2.75) is 71.3 Å². The van der Waals surface area contributed by atoms with Gasteiger partial charge in [0.25, 0.3) is 5.91 Å². The predicted molar refractivity (Wildman–Crippen MR) is 114 cm³/mol. The fourth-order valence-corrected chi connectivity index (χ4v) is 3.15. The number of rotatable bonds is 8. The number of hydrogen-bond acceptors (Lipinski definition) is 5. The molecule has 7 nitrogen and oxygen atoms in total. The predicted octanol–water partition coefficient (Wildman–Crippen LogP) is 3.88. The third kappa shape index (κ3) is 5.68. The average molecular weight is 413 g/mol. The highest BCUT2D eigenvalue weighted by molar-refractivity contribution is 5.94. The van der Waals surface area contributed by atoms with Crippen LogP contribution < -0.4 is 10.6 Å². The Kier molecular flexibility index (Phi) is 6.58. The fourth-order valence-electron chi connectivity index (χ4n) is 3.15. The van der Waals surface area contributed by atoms with E-state index in [0.29, 0.717) is 17.4 Å². The molecule has 2 N–H and O–H groups in total. The second-order valence-corrected chi connectivity index (χ2v) is 9.39. The Morgan fingerprint density at radius 1 is 1.17 bits per heavy atom. The molecule has 162 valence electrons. The lowest BCUT2D eigenvalue weighted by Gasteiger charge is -2.19. The summed E-state index contributed by atoms with van der Waals surface area (Å²) in [5.74, 6) is 1.34. The Morgan fingerprint density at radius 3 is 2.40 bits per heavy atom. The lowest BCUT2D eigenvalue weighted by molar-refractivity contribution is -0.122. The van der Waals surface area contributed by atoms with Crippen LogP contribution in [0.15, 0.2) is 28.8 Å². The van der Waals surface area contributed by atoms with E-state index in [0.717, 1.165) is 18.7 Å². The molecule has 2 aromatic rings. The third-order valence-corrected chi connectivity index (χ3v) is 5.30. The highest BCUT2D eigenvalue weighted by atomic mass is 16.5. The SMILES string of the molecule is CC(C)C(NC(=O)CCNC(=O)c1ccc(C(C)(C)C)cc1)c1nc(C2CC2)no1. The lowest BCUT2D eigenvalue weighted by atomic mass is 9.87. The normalized spacial score (nSPS) is 15.1. The van der Waals surface area contributed by atoms with Crippen LogP contribution in [0.5, 0.6) is 0 Å². The number of nitrogens with zero attached hydrogens (tertiary/aromatic N) is 2. The fraction of sp³-hybridized carbons (Fsp3) is 0.565. The van der Waals surface area contributed by atoms with Gasteiger partial charge in [0, 0.05) is 24.4 Å². The van der Waals surface area contributed by atoms with E-state index in [9.17, 15) is 9.59 Å². The molecule has 0 spiro atoms. The molecule has 1 atom stereocenters. The highest BCUT2D eigenvalue weighted by Gasteiger charge is 2.31. The number of benzene rings is 1. The summed E-state index contributed by atoms with van der Waals surface area (Å²) in [5, 5.41) is 9.80. The minimum absolute atomic E-state index is 0.0395. The molecule has 2 amide bonds. The zero-order chi connectivity index (χ0) is 21.9. The summed E-state index contributed by atoms with van der Waals surface area (Å²) in [6, 6.07) is 7.23. The maximum atomic E-state index is 12.4. The van der Waals surface area contributed by atoms with Crippen LogP contribution in [0.25, 0.3) is 0 Å². The molecule has 1 aliphatic carbocycles. The number of amides is 2. The van der Waals surface area contributed by atoms with Crippen LogP contribution in [0.3, 0.4) is 0 Å². The van der Waals surface area contributed by atoms with Crippen LogP contribution in [0.4, 0.5) is 0 Å². The number of hydrogen-bond donors (Lipinski definition) is 2. The number of carbonyl (C=O) groups is 2. The van der Waals surface area contributed by atoms with Crippen molar-refractivity contribution in [3.63, 3.8) is 0 Å². The summed E-state index contributed by atoms with van der Waals surface area (Å²) in [6.45, 7) is 10.6. The van der Waals surface area contributed by atoms with E-state index in [1.807, 2.05) is 38.1 Å². The smallest absolute Gasteiger partial charge is 0.251 e. The van der Waals surface area contributed by atoms with Crippen LogP contribution in [-0.4, -0.2) is 28.5 Å². The molecule has 1 unspecified atom stereocenters. The summed E-state index contributed by atoms with van der Waals surface area (Å²) < 4.78 is 5.38. The molecule has 30 heavy (non-hydrogen) atoms. The van der Waals surface area contributed by atoms with Crippen LogP contribution >= 0.6 is 0 Å². The molecule has 1 aromatic carbocycles. The summed E-state index contributed by atoms with van der Waals surface area (Å²) in [5.41, 5.74) is 1.80. The van der Waals surface area contributed by atoms with Gasteiger partial charge in [-0.1, -0.05) is 51.9 Å². The quantitative estimate of drug-likeness (QED) is 0.686. The van der Waals surface area contributed by atoms with Gasteiger partial charge >= 0.3 is 0 Å². The summed E-state index contributed by atoms with van der Waals surface area (Å²) in [6.07, 6.45) is 2.37. The zero-order valence-electron chi connectivity index (χ0n) is 18.5. The van der Waals surface area contributed by atoms with Crippen molar-refractivity contribution in [3.8, 4) is 0 Å². The maximum Gasteiger partial charge on any atom is 0.251 e. The van der Waals surface area contributed by atoms with Crippen molar-refractivity contribution in [1.29, 1.82) is 0 Å². The van der Waals surface area contributed by atoms with E-state index in [-0.39, 0.29) is 42.2 Å². The second kappa shape index (κ2) is 8.98. The molecule has 3 rings (SSSR count). The minimum Gasteiger partial charge on any atom is -0.352 e. The summed E-state index contributed by atoms with van der Waals surface area (Å²) in [7, 11) is 0. The molecule has 0 aliphatic heterocycles. The van der Waals surface area contributed by atoms with Crippen LogP contribution in [0.1, 0.15) is 93.5 Å². The first-order valence-electron chi connectivity index (χ1n) is 10.7. The molecule has 0 bridgehead atoms. The average Bonchev–Trinajstić information content (AvgIpc) is 3.42. The van der Waals surface area contributed by atoms with Crippen molar-refractivity contribution in [3.05, 3.63) is 47.1 Å². The van der Waals surface area contributed by atoms with E-state index in [4.69, 9.17) is 4.52 Å². The Balaban J connectivity index is 1.48. The van der Waals surface area contributed by atoms with Crippen LogP contribution in [0, 0.1) is 5.92 Å². The maximum absolute atomic E-state index is 12.4. The standard InChI is InChI=1S/C23H32N4O3/c1-14(2)19(22-26-20(27-30-22)15-6-7-15)25-18(28)12-13-24-21(29)16-8-10-17(11-9-16)23(3,4)5/h8-11,14-15,19H,6-7,12-13H2,1-5H3,(H,24,29)(H,25,28). The monoisotopic (exact) mass is 412 g/mol. The van der Waals surface area contributed by atoms with E-state index < -0.39 is 0 Å². The Labute approximate surface area is 178 Å². The van der Waals surface area contributed by atoms with Crippen LogP contribution in [-0.2, 0) is 10.2 Å². The van der Waals surface area contributed by atoms with Crippen molar-refractivity contribution in [1.82, 2.24) is 20.8 Å². The zero-order valence-corrected chi connectivity index (χ0v) is 18.5. The molecule has 0 radical (unpaired) electrons. The first-order valence-corrected chi connectivity index (χ1v) is 10.7. The largest absolute Gasteiger partial charge is 0.352 e. The molecule has 1 heterocycles. The van der Waals surface area contributed by atoms with E-state index in [1.165, 1.54) is 5.56 Å². The molecular weight excluding hydrogens is 380 g/mol. The first-order chi connectivity index (χ1) is 14.1. The van der Waals surface area contributed by atoms with Gasteiger partial charge in [-0.05, 0) is 41.9 Å². The number of aromatic nitrogens is 2. The Bertz CT molecular complexity index is 877. The van der Waals surface area contributed by atoms with Crippen molar-refractivity contribution in [2.24, 2.45) is 5.92 Å². The molecule has 7 heteroatoms. The van der Waals surface area contributed by atoms with E-state index in [2.05, 4.69) is 41.5 Å². The van der Waals surface area contributed by atoms with E-state index in [1.54, 1.807) is 0 Å². The molecule has 1 saturated carbocycles. The number of nitrogens with one attached hydrogen (secondary N) is 2. The van der Waals surface area contributed by atoms with Gasteiger partial charge in [-0.15, -0.1) is 0 Å². The number of carbonyl (C=O) groups excluding carboxylic acids is 2. The molecular formula is C23H32N4O3. The van der Waals surface area contributed by atoms with E-state index >= 15 is 0 Å². The van der Waals surface area contributed by atoms with Gasteiger partial charge in [0.2, 0.25) is 11.8 Å². The van der Waals surface area contributed by atoms with Gasteiger partial charge < -0.3 is 15.2 Å². The third-order valence-electron chi connectivity index (χ3n) is 5.30. The summed E-state index contributed by atoms with van der Waals surface area (Å²) in [4.78, 5) is 29.2. The summed E-state index contributed by atoms with van der Waals surface area (Å²) >= 11 is 0. The Hall–Kier alpha value is -2.70. The van der Waals surface area contributed by atoms with Gasteiger partial charge in [0.05, 0.1) is 0 Å². The highest BCUT2D eigenvalue weighted by Crippen LogP contribution is 2.38. The van der Waals surface area contributed by atoms with Crippen molar-refractivity contribution in [2.75, 3.05) is 6.54 Å². The van der Waals surface area contributed by atoms with Crippen molar-refractivity contribution < 1.29 is 14.1 Å². The molecule has 1 fully saturated rings. The molecule has 1 aromatic heterocycles.